The van der Waals surface area contributed by atoms with Gasteiger partial charge in [0.1, 0.15) is 9.20 Å². The summed E-state index contributed by atoms with van der Waals surface area (Å²) in [6, 6.07) is 5.72. The third-order valence-electron chi connectivity index (χ3n) is 2.33. The van der Waals surface area contributed by atoms with Gasteiger partial charge < -0.3 is 5.73 Å². The summed E-state index contributed by atoms with van der Waals surface area (Å²) in [5.74, 6) is 0. The maximum absolute atomic E-state index is 12.3. The Morgan fingerprint density at radius 1 is 1.19 bits per heavy atom. The van der Waals surface area contributed by atoms with Gasteiger partial charge in [0.25, 0.3) is 10.0 Å². The van der Waals surface area contributed by atoms with Gasteiger partial charge in [-0.3, -0.25) is 4.72 Å². The van der Waals surface area contributed by atoms with Crippen molar-refractivity contribution in [2.75, 3.05) is 4.72 Å². The average molecular weight is 402 g/mol. The van der Waals surface area contributed by atoms with Crippen LogP contribution in [0.15, 0.2) is 28.5 Å². The molecule has 0 bridgehead atoms. The van der Waals surface area contributed by atoms with Crippen molar-refractivity contribution in [1.29, 1.82) is 0 Å². The van der Waals surface area contributed by atoms with Crippen LogP contribution in [-0.4, -0.2) is 13.4 Å². The van der Waals surface area contributed by atoms with E-state index in [1.807, 2.05) is 0 Å². The van der Waals surface area contributed by atoms with Gasteiger partial charge in [0.15, 0.2) is 0 Å². The molecule has 3 N–H and O–H groups in total. The number of thiophene rings is 1. The molecule has 1 aromatic carbocycles. The lowest BCUT2D eigenvalue weighted by atomic mass is 10.3. The lowest BCUT2D eigenvalue weighted by Gasteiger charge is -2.10. The summed E-state index contributed by atoms with van der Waals surface area (Å²) in [5, 5.41) is 0.504. The second-order valence-corrected chi connectivity index (χ2v) is 8.52. The molecule has 1 heterocycles. The number of hydrogen-bond acceptors (Lipinski definition) is 4. The van der Waals surface area contributed by atoms with E-state index < -0.39 is 10.0 Å². The average Bonchev–Trinajstić information content (AvgIpc) is 2.84. The van der Waals surface area contributed by atoms with E-state index in [2.05, 4.69) is 4.72 Å². The predicted octanol–water partition coefficient (Wildman–Crippen LogP) is 4.14. The first-order valence-electron chi connectivity index (χ1n) is 5.27. The van der Waals surface area contributed by atoms with E-state index >= 15 is 0 Å². The molecule has 0 aliphatic rings. The highest BCUT2D eigenvalue weighted by Crippen LogP contribution is 2.35. The fourth-order valence-corrected chi connectivity index (χ4v) is 4.90. The van der Waals surface area contributed by atoms with Crippen molar-refractivity contribution >= 4 is 79.1 Å². The number of nitrogens with one attached hydrogen (secondary N) is 1. The van der Waals surface area contributed by atoms with Crippen LogP contribution in [0.4, 0.5) is 5.69 Å². The second-order valence-electron chi connectivity index (χ2n) is 3.83. The van der Waals surface area contributed by atoms with Crippen molar-refractivity contribution < 1.29 is 8.42 Å². The Kier molecular flexibility index (Phi) is 5.02. The molecule has 0 radical (unpaired) electrons. The molecule has 0 unspecified atom stereocenters. The molecule has 2 rings (SSSR count). The van der Waals surface area contributed by atoms with Gasteiger partial charge in [0, 0.05) is 5.02 Å². The van der Waals surface area contributed by atoms with Gasteiger partial charge in [-0.15, -0.1) is 11.3 Å². The van der Waals surface area contributed by atoms with Gasteiger partial charge in [-0.25, -0.2) is 8.42 Å². The summed E-state index contributed by atoms with van der Waals surface area (Å²) in [7, 11) is -3.84. The van der Waals surface area contributed by atoms with Crippen LogP contribution in [-0.2, 0) is 10.0 Å². The minimum absolute atomic E-state index is 0.0485. The van der Waals surface area contributed by atoms with Gasteiger partial charge >= 0.3 is 0 Å². The van der Waals surface area contributed by atoms with E-state index in [0.29, 0.717) is 9.90 Å². The van der Waals surface area contributed by atoms with Crippen LogP contribution in [0.2, 0.25) is 15.1 Å². The molecule has 0 atom stereocenters. The molecule has 0 saturated carbocycles. The van der Waals surface area contributed by atoms with Crippen molar-refractivity contribution in [3.63, 3.8) is 0 Å². The molecule has 2 aromatic rings. The Labute approximate surface area is 145 Å². The number of benzene rings is 1. The van der Waals surface area contributed by atoms with Crippen LogP contribution in [0.1, 0.15) is 4.88 Å². The van der Waals surface area contributed by atoms with Crippen LogP contribution in [0, 0.1) is 0 Å². The summed E-state index contributed by atoms with van der Waals surface area (Å²) in [6.07, 6.45) is 0. The fraction of sp³-hybridized carbons (Fsp3) is 0. The zero-order valence-electron chi connectivity index (χ0n) is 10.1. The summed E-state index contributed by atoms with van der Waals surface area (Å²) in [5.41, 5.74) is 5.52. The van der Waals surface area contributed by atoms with E-state index in [-0.39, 0.29) is 24.9 Å². The number of halogens is 3. The maximum atomic E-state index is 12.3. The molecule has 112 valence electrons. The van der Waals surface area contributed by atoms with E-state index in [0.717, 1.165) is 11.3 Å². The Bertz CT molecular complexity index is 795. The molecule has 0 aliphatic heterocycles. The summed E-state index contributed by atoms with van der Waals surface area (Å²) >= 11 is 23.4. The minimum atomic E-state index is -3.84. The first-order valence-corrected chi connectivity index (χ1v) is 9.12. The third kappa shape index (κ3) is 3.80. The summed E-state index contributed by atoms with van der Waals surface area (Å²) < 4.78 is 27.0. The molecular weight excluding hydrogens is 395 g/mol. The summed E-state index contributed by atoms with van der Waals surface area (Å²) in [6.45, 7) is 0. The molecular formula is C11H7Cl3N2O2S3. The quantitative estimate of drug-likeness (QED) is 0.755. The molecule has 0 fully saturated rings. The van der Waals surface area contributed by atoms with Gasteiger partial charge in [0.2, 0.25) is 0 Å². The van der Waals surface area contributed by atoms with E-state index in [1.165, 1.54) is 24.3 Å². The first kappa shape index (κ1) is 16.8. The standard InChI is InChI=1S/C11H7Cl3N2O2S3/c12-5-3-6(13)10(7(14)4-5)16-21(17,18)9-2-1-8(20-9)11(15)19/h1-4,16H,(H2,15,19). The van der Waals surface area contributed by atoms with Gasteiger partial charge in [0.05, 0.1) is 20.6 Å². The highest BCUT2D eigenvalue weighted by atomic mass is 35.5. The van der Waals surface area contributed by atoms with Crippen LogP contribution >= 0.6 is 58.4 Å². The number of anilines is 1. The third-order valence-corrected chi connectivity index (χ3v) is 6.46. The van der Waals surface area contributed by atoms with E-state index in [1.54, 1.807) is 0 Å². The van der Waals surface area contributed by atoms with Gasteiger partial charge in [-0.1, -0.05) is 47.0 Å². The molecule has 21 heavy (non-hydrogen) atoms. The van der Waals surface area contributed by atoms with Crippen molar-refractivity contribution in [3.8, 4) is 0 Å². The zero-order valence-corrected chi connectivity index (χ0v) is 14.8. The van der Waals surface area contributed by atoms with Crippen LogP contribution in [0.3, 0.4) is 0 Å². The largest absolute Gasteiger partial charge is 0.389 e. The Balaban J connectivity index is 2.40. The van der Waals surface area contributed by atoms with E-state index in [9.17, 15) is 8.42 Å². The first-order chi connectivity index (χ1) is 9.70. The Morgan fingerprint density at radius 3 is 2.24 bits per heavy atom. The van der Waals surface area contributed by atoms with E-state index in [4.69, 9.17) is 52.8 Å². The fourth-order valence-electron chi connectivity index (χ4n) is 1.42. The highest BCUT2D eigenvalue weighted by Gasteiger charge is 2.20. The SMILES string of the molecule is NC(=S)c1ccc(S(=O)(=O)Nc2c(Cl)cc(Cl)cc2Cl)s1. The lowest BCUT2D eigenvalue weighted by molar-refractivity contribution is 0.603. The molecule has 0 saturated heterocycles. The Morgan fingerprint density at radius 2 is 1.76 bits per heavy atom. The maximum Gasteiger partial charge on any atom is 0.271 e. The lowest BCUT2D eigenvalue weighted by Crippen LogP contribution is -2.12. The Hall–Kier alpha value is -0.570. The van der Waals surface area contributed by atoms with Crippen molar-refractivity contribution in [1.82, 2.24) is 0 Å². The van der Waals surface area contributed by atoms with Crippen LogP contribution in [0.5, 0.6) is 0 Å². The number of nitrogens with two attached hydrogens (primary N) is 1. The molecule has 0 aliphatic carbocycles. The zero-order chi connectivity index (χ0) is 15.8. The molecule has 4 nitrogen and oxygen atoms in total. The molecule has 10 heteroatoms. The summed E-state index contributed by atoms with van der Waals surface area (Å²) in [4.78, 5) is 0.627. The second kappa shape index (κ2) is 6.28. The number of hydrogen-bond donors (Lipinski definition) is 2. The van der Waals surface area contributed by atoms with Gasteiger partial charge in [-0.05, 0) is 24.3 Å². The topological polar surface area (TPSA) is 72.2 Å². The van der Waals surface area contributed by atoms with Crippen molar-refractivity contribution in [2.45, 2.75) is 4.21 Å². The van der Waals surface area contributed by atoms with Gasteiger partial charge in [-0.2, -0.15) is 0 Å². The molecule has 1 aromatic heterocycles. The smallest absolute Gasteiger partial charge is 0.271 e. The monoisotopic (exact) mass is 400 g/mol. The normalized spacial score (nSPS) is 11.4. The molecule has 0 spiro atoms. The van der Waals surface area contributed by atoms with Crippen molar-refractivity contribution in [3.05, 3.63) is 44.2 Å². The minimum Gasteiger partial charge on any atom is -0.389 e. The highest BCUT2D eigenvalue weighted by molar-refractivity contribution is 7.94. The van der Waals surface area contributed by atoms with Crippen molar-refractivity contribution in [2.24, 2.45) is 5.73 Å². The molecule has 0 amide bonds. The number of rotatable bonds is 4. The number of thiocarbonyl (C=S) groups is 1. The van der Waals surface area contributed by atoms with Crippen LogP contribution in [0.25, 0.3) is 0 Å². The number of sulfonamides is 1. The van der Waals surface area contributed by atoms with Crippen LogP contribution < -0.4 is 10.5 Å². The predicted molar refractivity (Wildman–Crippen MR) is 92.5 cm³/mol.